The maximum Gasteiger partial charge on any atom is 0.146 e. The lowest BCUT2D eigenvalue weighted by atomic mass is 9.78. The molecule has 1 heteroatoms. The van der Waals surface area contributed by atoms with Crippen molar-refractivity contribution in [2.24, 2.45) is 11.8 Å². The number of aryl methyl sites for hydroxylation is 2. The molecule has 0 nitrogen and oxygen atoms in total. The second-order valence-corrected chi connectivity index (χ2v) is 10.6. The van der Waals surface area contributed by atoms with Crippen LogP contribution in [0.5, 0.6) is 0 Å². The Bertz CT molecular complexity index is 1200. The van der Waals surface area contributed by atoms with Crippen LogP contribution in [0.1, 0.15) is 93.9 Å². The van der Waals surface area contributed by atoms with E-state index in [2.05, 4.69) is 61.2 Å². The lowest BCUT2D eigenvalue weighted by Gasteiger charge is -2.28. The molecule has 0 amide bonds. The van der Waals surface area contributed by atoms with Crippen LogP contribution in [0.15, 0.2) is 66.7 Å². The highest BCUT2D eigenvalue weighted by Gasteiger charge is 2.20. The van der Waals surface area contributed by atoms with E-state index < -0.39 is 0 Å². The summed E-state index contributed by atoms with van der Waals surface area (Å²) in [7, 11) is 0. The summed E-state index contributed by atoms with van der Waals surface area (Å²) >= 11 is 0. The maximum absolute atomic E-state index is 15.1. The highest BCUT2D eigenvalue weighted by Crippen LogP contribution is 2.34. The predicted molar refractivity (Wildman–Crippen MR) is 153 cm³/mol. The van der Waals surface area contributed by atoms with E-state index >= 15 is 4.39 Å². The van der Waals surface area contributed by atoms with E-state index in [1.807, 2.05) is 31.2 Å². The molecule has 0 radical (unpaired) electrons. The topological polar surface area (TPSA) is 0 Å². The highest BCUT2D eigenvalue weighted by molar-refractivity contribution is 5.85. The van der Waals surface area contributed by atoms with Crippen molar-refractivity contribution in [1.29, 1.82) is 0 Å². The predicted octanol–water partition coefficient (Wildman–Crippen LogP) is 9.82. The lowest BCUT2D eigenvalue weighted by molar-refractivity contribution is 0.250. The number of benzene rings is 3. The molecule has 0 N–H and O–H groups in total. The summed E-state index contributed by atoms with van der Waals surface area (Å²) in [6, 6.07) is 18.4. The summed E-state index contributed by atoms with van der Waals surface area (Å²) < 4.78 is 15.1. The molecule has 1 saturated carbocycles. The fourth-order valence-electron chi connectivity index (χ4n) is 5.58. The van der Waals surface area contributed by atoms with Gasteiger partial charge in [-0.05, 0) is 79.2 Å². The minimum Gasteiger partial charge on any atom is -0.205 e. The van der Waals surface area contributed by atoms with Crippen molar-refractivity contribution in [2.45, 2.75) is 84.5 Å². The van der Waals surface area contributed by atoms with Crippen molar-refractivity contribution in [3.8, 4) is 11.8 Å². The van der Waals surface area contributed by atoms with Crippen LogP contribution < -0.4 is 0 Å². The van der Waals surface area contributed by atoms with Gasteiger partial charge in [0.25, 0.3) is 0 Å². The van der Waals surface area contributed by atoms with Gasteiger partial charge in [0.15, 0.2) is 0 Å². The summed E-state index contributed by atoms with van der Waals surface area (Å²) in [5.41, 5.74) is 4.02. The molecule has 0 bridgehead atoms. The summed E-state index contributed by atoms with van der Waals surface area (Å²) in [6.07, 6.45) is 18.5. The Labute approximate surface area is 218 Å². The Balaban J connectivity index is 1.32. The Kier molecular flexibility index (Phi) is 9.80. The molecule has 3 aromatic carbocycles. The van der Waals surface area contributed by atoms with Crippen molar-refractivity contribution in [3.63, 3.8) is 0 Å². The van der Waals surface area contributed by atoms with Gasteiger partial charge in [0, 0.05) is 10.9 Å². The number of unbranched alkanes of at least 4 members (excludes halogenated alkanes) is 1. The molecular formula is C35H41F. The molecule has 0 atom stereocenters. The fourth-order valence-corrected chi connectivity index (χ4v) is 5.58. The molecule has 1 aliphatic carbocycles. The van der Waals surface area contributed by atoms with Crippen molar-refractivity contribution in [1.82, 2.24) is 0 Å². The van der Waals surface area contributed by atoms with Crippen molar-refractivity contribution < 1.29 is 4.39 Å². The molecule has 0 spiro atoms. The van der Waals surface area contributed by atoms with Gasteiger partial charge in [0.1, 0.15) is 5.82 Å². The van der Waals surface area contributed by atoms with E-state index in [1.54, 1.807) is 0 Å². The molecular weight excluding hydrogens is 439 g/mol. The Hall–Kier alpha value is -2.85. The van der Waals surface area contributed by atoms with E-state index in [-0.39, 0.29) is 5.82 Å². The molecule has 36 heavy (non-hydrogen) atoms. The smallest absolute Gasteiger partial charge is 0.146 e. The standard InChI is InChI=1S/C35H41F/c1-3-5-7-9-31-21-25-34-33(26-31)24-23-32(35(34)36)22-20-30-18-16-29(17-19-30)15-14-28-12-10-27(11-13-28)8-6-4-2/h3,5,16-19,21,23-28H,4,6-15H2,1-2H3/b5-3+. The van der Waals surface area contributed by atoms with Crippen LogP contribution in [0.2, 0.25) is 0 Å². The zero-order chi connectivity index (χ0) is 25.2. The molecule has 188 valence electrons. The van der Waals surface area contributed by atoms with E-state index in [0.29, 0.717) is 10.9 Å². The first-order chi connectivity index (χ1) is 17.7. The molecule has 1 fully saturated rings. The summed E-state index contributed by atoms with van der Waals surface area (Å²) in [6.45, 7) is 4.33. The maximum atomic E-state index is 15.1. The van der Waals surface area contributed by atoms with Gasteiger partial charge in [-0.15, -0.1) is 0 Å². The second-order valence-electron chi connectivity index (χ2n) is 10.6. The lowest BCUT2D eigenvalue weighted by Crippen LogP contribution is -2.15. The minimum atomic E-state index is -0.221. The number of hydrogen-bond acceptors (Lipinski definition) is 0. The third-order valence-electron chi connectivity index (χ3n) is 7.92. The molecule has 4 rings (SSSR count). The van der Waals surface area contributed by atoms with E-state index in [4.69, 9.17) is 0 Å². The average molecular weight is 481 g/mol. The number of fused-ring (bicyclic) bond motifs is 1. The zero-order valence-corrected chi connectivity index (χ0v) is 22.2. The van der Waals surface area contributed by atoms with Gasteiger partial charge in [-0.2, -0.15) is 0 Å². The summed E-state index contributed by atoms with van der Waals surface area (Å²) in [5, 5.41) is 1.58. The highest BCUT2D eigenvalue weighted by atomic mass is 19.1. The van der Waals surface area contributed by atoms with Crippen molar-refractivity contribution in [3.05, 3.63) is 94.8 Å². The Morgan fingerprint density at radius 1 is 0.833 bits per heavy atom. The third kappa shape index (κ3) is 7.33. The van der Waals surface area contributed by atoms with Crippen LogP contribution in [0.3, 0.4) is 0 Å². The first-order valence-electron chi connectivity index (χ1n) is 14.1. The molecule has 0 aliphatic heterocycles. The van der Waals surface area contributed by atoms with Crippen LogP contribution in [-0.4, -0.2) is 0 Å². The molecule has 0 unspecified atom stereocenters. The zero-order valence-electron chi connectivity index (χ0n) is 22.2. The molecule has 0 aromatic heterocycles. The van der Waals surface area contributed by atoms with Gasteiger partial charge in [-0.1, -0.05) is 112 Å². The van der Waals surface area contributed by atoms with Crippen LogP contribution in [-0.2, 0) is 12.8 Å². The summed E-state index contributed by atoms with van der Waals surface area (Å²) in [4.78, 5) is 0. The van der Waals surface area contributed by atoms with Gasteiger partial charge in [0.2, 0.25) is 0 Å². The van der Waals surface area contributed by atoms with Crippen LogP contribution in [0.25, 0.3) is 10.8 Å². The van der Waals surface area contributed by atoms with Crippen LogP contribution in [0, 0.1) is 29.5 Å². The quantitative estimate of drug-likeness (QED) is 0.211. The largest absolute Gasteiger partial charge is 0.205 e. The van der Waals surface area contributed by atoms with Gasteiger partial charge >= 0.3 is 0 Å². The van der Waals surface area contributed by atoms with E-state index in [0.717, 1.165) is 42.0 Å². The van der Waals surface area contributed by atoms with Gasteiger partial charge in [-0.25, -0.2) is 4.39 Å². The average Bonchev–Trinajstić information content (AvgIpc) is 2.92. The number of halogens is 1. The van der Waals surface area contributed by atoms with Crippen molar-refractivity contribution in [2.75, 3.05) is 0 Å². The van der Waals surface area contributed by atoms with Gasteiger partial charge in [0.05, 0.1) is 5.56 Å². The summed E-state index contributed by atoms with van der Waals surface area (Å²) in [5.74, 6) is 7.89. The Morgan fingerprint density at radius 3 is 2.28 bits per heavy atom. The molecule has 1 aliphatic rings. The number of allylic oxidation sites excluding steroid dienone is 2. The van der Waals surface area contributed by atoms with Crippen LogP contribution in [0.4, 0.5) is 4.39 Å². The molecule has 3 aromatic rings. The van der Waals surface area contributed by atoms with E-state index in [1.165, 1.54) is 62.5 Å². The number of rotatable bonds is 9. The first-order valence-corrected chi connectivity index (χ1v) is 14.1. The second kappa shape index (κ2) is 13.5. The monoisotopic (exact) mass is 480 g/mol. The first kappa shape index (κ1) is 26.2. The third-order valence-corrected chi connectivity index (χ3v) is 7.92. The normalized spacial score (nSPS) is 17.9. The van der Waals surface area contributed by atoms with E-state index in [9.17, 15) is 0 Å². The van der Waals surface area contributed by atoms with Gasteiger partial charge < -0.3 is 0 Å². The minimum absolute atomic E-state index is 0.221. The van der Waals surface area contributed by atoms with Crippen LogP contribution >= 0.6 is 0 Å². The number of hydrogen-bond donors (Lipinski definition) is 0. The fraction of sp³-hybridized carbons (Fsp3) is 0.429. The van der Waals surface area contributed by atoms with Crippen molar-refractivity contribution >= 4 is 10.8 Å². The van der Waals surface area contributed by atoms with Gasteiger partial charge in [-0.3, -0.25) is 0 Å². The molecule has 0 saturated heterocycles. The Morgan fingerprint density at radius 2 is 1.56 bits per heavy atom. The molecule has 0 heterocycles. The SMILES string of the molecule is C/C=C/CCc1ccc2c(F)c(C#Cc3ccc(CCC4CCC(CCCC)CC4)cc3)ccc2c1.